The molecule has 9 rings (SSSR count). The molecule has 3 N–H and O–H groups in total. The van der Waals surface area contributed by atoms with E-state index in [4.69, 9.17) is 14.9 Å². The Balaban J connectivity index is 0.000000149. The average molecular weight is 927 g/mol. The maximum absolute atomic E-state index is 9.76. The van der Waals surface area contributed by atoms with Crippen LogP contribution in [0.4, 0.5) is 0 Å². The van der Waals surface area contributed by atoms with Gasteiger partial charge in [0.15, 0.2) is 0 Å². The van der Waals surface area contributed by atoms with Gasteiger partial charge in [0.05, 0.1) is 0 Å². The third-order valence-corrected chi connectivity index (χ3v) is 17.5. The minimum absolute atomic E-state index is 0.446. The molecular formula is C56H50O5P4. The highest BCUT2D eigenvalue weighted by Gasteiger charge is 2.18. The van der Waals surface area contributed by atoms with Crippen molar-refractivity contribution < 1.29 is 24.3 Å². The Labute approximate surface area is 386 Å². The van der Waals surface area contributed by atoms with Gasteiger partial charge in [0, 0.05) is 0 Å². The lowest BCUT2D eigenvalue weighted by Gasteiger charge is -2.18. The second kappa shape index (κ2) is 26.0. The Morgan fingerprint density at radius 1 is 0.292 bits per heavy atom. The molecule has 9 heteroatoms. The number of carboxylic acid groups (broad SMARTS) is 1. The van der Waals surface area contributed by atoms with Gasteiger partial charge in [0.2, 0.25) is 0 Å². The Kier molecular flexibility index (Phi) is 19.3. The zero-order valence-electron chi connectivity index (χ0n) is 35.6. The van der Waals surface area contributed by atoms with Crippen molar-refractivity contribution >= 4 is 85.1 Å². The third-order valence-electron chi connectivity index (χ3n) is 9.47. The Hall–Kier alpha value is -6.11. The minimum Gasteiger partial charge on any atom is -0.481 e. The van der Waals surface area contributed by atoms with Crippen LogP contribution in [0.15, 0.2) is 273 Å². The molecule has 0 fully saturated rings. The molecule has 0 aliphatic carbocycles. The van der Waals surface area contributed by atoms with Gasteiger partial charge in [-0.15, -0.1) is 0 Å². The van der Waals surface area contributed by atoms with E-state index in [1.54, 1.807) is 0 Å². The zero-order chi connectivity index (χ0) is 45.5. The lowest BCUT2D eigenvalue weighted by atomic mass is 10.4. The highest BCUT2D eigenvalue weighted by atomic mass is 31.2. The Morgan fingerprint density at radius 3 is 0.492 bits per heavy atom. The summed E-state index contributed by atoms with van der Waals surface area (Å²) in [6.45, 7) is 0. The number of carboxylic acids is 1. The van der Waals surface area contributed by atoms with Crippen LogP contribution in [-0.2, 0) is 9.36 Å². The maximum Gasteiger partial charge on any atom is 0.336 e. The Morgan fingerprint density at radius 2 is 0.415 bits per heavy atom. The molecule has 0 radical (unpaired) electrons. The van der Waals surface area contributed by atoms with Crippen LogP contribution in [0.2, 0.25) is 0 Å². The second-order valence-corrected chi connectivity index (χ2v) is 22.5. The minimum atomic E-state index is -4.32. The van der Waals surface area contributed by atoms with E-state index in [0.29, 0.717) is 0 Å². The van der Waals surface area contributed by atoms with Crippen molar-refractivity contribution in [3.05, 3.63) is 273 Å². The molecule has 324 valence electrons. The molecule has 0 bridgehead atoms. The van der Waals surface area contributed by atoms with Gasteiger partial charge in [-0.2, -0.15) is 0 Å². The first-order valence-corrected chi connectivity index (χ1v) is 26.7. The summed E-state index contributed by atoms with van der Waals surface area (Å²) in [5, 5.41) is 20.3. The van der Waals surface area contributed by atoms with E-state index in [2.05, 4.69) is 273 Å². The largest absolute Gasteiger partial charge is 0.481 e. The second-order valence-electron chi connectivity index (χ2n) is 14.2. The van der Waals surface area contributed by atoms with Crippen molar-refractivity contribution in [1.82, 2.24) is 0 Å². The fraction of sp³-hybridized carbons (Fsp3) is 0.0179. The molecule has 0 amide bonds. The van der Waals surface area contributed by atoms with Crippen LogP contribution in [-0.4, -0.2) is 27.0 Å². The monoisotopic (exact) mass is 926 g/mol. The molecule has 0 heterocycles. The normalized spacial score (nSPS) is 10.7. The number of rotatable bonds is 11. The quantitative estimate of drug-likeness (QED) is 0.113. The SMILES string of the molecule is O=C(O)CP(=O)(O)O.c1ccc(P(c2ccccc2)c2ccccc2)cc1.c1ccc(P(c2ccccc2)c2ccccc2)cc1.c1ccc(P(c2ccccc2)c2ccccc2)cc1. The molecule has 65 heavy (non-hydrogen) atoms. The molecule has 0 aliphatic heterocycles. The fourth-order valence-electron chi connectivity index (χ4n) is 6.71. The predicted octanol–water partition coefficient (Wildman–Crippen LogP) is 9.58. The molecule has 9 aromatic rings. The summed E-state index contributed by atoms with van der Waals surface area (Å²) in [4.78, 5) is 25.4. The van der Waals surface area contributed by atoms with Crippen molar-refractivity contribution in [2.45, 2.75) is 0 Å². The van der Waals surface area contributed by atoms with Crippen molar-refractivity contribution in [2.24, 2.45) is 0 Å². The lowest BCUT2D eigenvalue weighted by molar-refractivity contribution is -0.134. The lowest BCUT2D eigenvalue weighted by Crippen LogP contribution is -2.20. The molecule has 5 nitrogen and oxygen atoms in total. The number of benzene rings is 9. The van der Waals surface area contributed by atoms with E-state index in [-0.39, 0.29) is 0 Å². The van der Waals surface area contributed by atoms with Crippen LogP contribution in [0.5, 0.6) is 0 Å². The van der Waals surface area contributed by atoms with E-state index >= 15 is 0 Å². The topological polar surface area (TPSA) is 94.8 Å². The summed E-state index contributed by atoms with van der Waals surface area (Å²) in [7, 11) is -5.66. The van der Waals surface area contributed by atoms with Gasteiger partial charge in [-0.05, 0) is 71.5 Å². The highest BCUT2D eigenvalue weighted by Crippen LogP contribution is 2.35. The molecular weight excluding hydrogens is 877 g/mol. The van der Waals surface area contributed by atoms with Crippen molar-refractivity contribution in [2.75, 3.05) is 6.16 Å². The van der Waals surface area contributed by atoms with Crippen LogP contribution in [0, 0.1) is 0 Å². The molecule has 0 saturated heterocycles. The standard InChI is InChI=1S/3C18H15P.C2H5O5P/c3*1-4-10-16(11-5-1)19(17-12-6-2-7-13-17)18-14-8-3-9-15-18;3-2(4)1-8(5,6)7/h3*1-15H;1H2,(H,3,4)(H2,5,6,7). The first kappa shape index (κ1) is 48.3. The number of hydrogen-bond acceptors (Lipinski definition) is 2. The van der Waals surface area contributed by atoms with E-state index in [1.165, 1.54) is 47.7 Å². The predicted molar refractivity (Wildman–Crippen MR) is 280 cm³/mol. The van der Waals surface area contributed by atoms with Crippen LogP contribution >= 0.6 is 31.4 Å². The highest BCUT2D eigenvalue weighted by molar-refractivity contribution is 7.80. The smallest absolute Gasteiger partial charge is 0.336 e. The molecule has 0 spiro atoms. The van der Waals surface area contributed by atoms with Crippen LogP contribution in [0.25, 0.3) is 0 Å². The van der Waals surface area contributed by atoms with Crippen molar-refractivity contribution in [1.29, 1.82) is 0 Å². The fourth-order valence-corrected chi connectivity index (χ4v) is 14.0. The molecule has 0 aliphatic rings. The summed E-state index contributed by atoms with van der Waals surface area (Å²) in [6.07, 6.45) is -1.09. The van der Waals surface area contributed by atoms with Crippen LogP contribution < -0.4 is 47.7 Å². The zero-order valence-corrected chi connectivity index (χ0v) is 39.2. The molecule has 9 aromatic carbocycles. The van der Waals surface area contributed by atoms with Gasteiger partial charge in [-0.3, -0.25) is 9.36 Å². The van der Waals surface area contributed by atoms with Gasteiger partial charge in [-0.1, -0.05) is 273 Å². The average Bonchev–Trinajstić information content (AvgIpc) is 3.35. The van der Waals surface area contributed by atoms with Gasteiger partial charge < -0.3 is 14.9 Å². The van der Waals surface area contributed by atoms with Crippen LogP contribution in [0.1, 0.15) is 0 Å². The summed E-state index contributed by atoms with van der Waals surface area (Å²) < 4.78 is 9.76. The van der Waals surface area contributed by atoms with Crippen molar-refractivity contribution in [3.63, 3.8) is 0 Å². The van der Waals surface area contributed by atoms with Gasteiger partial charge >= 0.3 is 13.6 Å². The van der Waals surface area contributed by atoms with E-state index in [1.807, 2.05) is 0 Å². The van der Waals surface area contributed by atoms with Gasteiger partial charge in [0.25, 0.3) is 0 Å². The number of aliphatic carboxylic acids is 1. The molecule has 0 atom stereocenters. The molecule has 0 aromatic heterocycles. The summed E-state index contributed by atoms with van der Waals surface area (Å²) >= 11 is 0. The van der Waals surface area contributed by atoms with Crippen LogP contribution in [0.3, 0.4) is 0 Å². The van der Waals surface area contributed by atoms with Crippen molar-refractivity contribution in [3.8, 4) is 0 Å². The van der Waals surface area contributed by atoms with Gasteiger partial charge in [-0.25, -0.2) is 0 Å². The summed E-state index contributed by atoms with van der Waals surface area (Å²) in [6, 6.07) is 97.0. The molecule has 0 saturated carbocycles. The van der Waals surface area contributed by atoms with Gasteiger partial charge in [0.1, 0.15) is 6.16 Å². The Bertz CT molecular complexity index is 2170. The number of hydrogen-bond donors (Lipinski definition) is 3. The van der Waals surface area contributed by atoms with E-state index in [0.717, 1.165) is 0 Å². The third kappa shape index (κ3) is 15.8. The van der Waals surface area contributed by atoms with E-state index < -0.39 is 43.5 Å². The summed E-state index contributed by atoms with van der Waals surface area (Å²) in [5.74, 6) is -1.49. The first-order valence-electron chi connectivity index (χ1n) is 20.9. The summed E-state index contributed by atoms with van der Waals surface area (Å²) in [5.41, 5.74) is 0. The number of carbonyl (C=O) groups is 1. The van der Waals surface area contributed by atoms with E-state index in [9.17, 15) is 9.36 Å². The molecule has 0 unspecified atom stereocenters. The maximum atomic E-state index is 9.76. The first-order chi connectivity index (χ1) is 31.8.